The van der Waals surface area contributed by atoms with Gasteiger partial charge in [-0.05, 0) is 30.2 Å². The van der Waals surface area contributed by atoms with Crippen molar-refractivity contribution < 1.29 is 0 Å². The first-order valence-electron chi connectivity index (χ1n) is 6.42. The predicted octanol–water partition coefficient (Wildman–Crippen LogP) is 2.76. The molecule has 1 aromatic heterocycles. The highest BCUT2D eigenvalue weighted by Crippen LogP contribution is 2.51. The van der Waals surface area contributed by atoms with E-state index in [4.69, 9.17) is 0 Å². The monoisotopic (exact) mass is 234 g/mol. The van der Waals surface area contributed by atoms with Crippen LogP contribution in [0.15, 0.2) is 12.3 Å². The van der Waals surface area contributed by atoms with Crippen LogP contribution < -0.4 is 10.6 Å². The lowest BCUT2D eigenvalue weighted by Crippen LogP contribution is -2.10. The normalized spacial score (nSPS) is 21.0. The lowest BCUT2D eigenvalue weighted by atomic mass is 10.1. The molecule has 94 valence electrons. The van der Waals surface area contributed by atoms with E-state index in [0.717, 1.165) is 31.2 Å². The largest absolute Gasteiger partial charge is 0.370 e. The molecule has 0 amide bonds. The zero-order valence-electron chi connectivity index (χ0n) is 11.0. The van der Waals surface area contributed by atoms with Crippen LogP contribution in [0.2, 0.25) is 0 Å². The van der Waals surface area contributed by atoms with Crippen molar-refractivity contribution in [2.24, 2.45) is 11.3 Å². The van der Waals surface area contributed by atoms with Gasteiger partial charge in [-0.25, -0.2) is 4.98 Å². The molecule has 2 rings (SSSR count). The number of anilines is 2. The molecule has 4 heteroatoms. The Morgan fingerprint density at radius 2 is 2.18 bits per heavy atom. The summed E-state index contributed by atoms with van der Waals surface area (Å²) >= 11 is 0. The van der Waals surface area contributed by atoms with Crippen molar-refractivity contribution in [1.29, 1.82) is 0 Å². The SMILES string of the molecule is CCCNc1nccc(NCC2CC2(C)C)n1. The second kappa shape index (κ2) is 4.90. The number of rotatable bonds is 6. The van der Waals surface area contributed by atoms with Gasteiger partial charge in [0.05, 0.1) is 0 Å². The van der Waals surface area contributed by atoms with Gasteiger partial charge in [-0.15, -0.1) is 0 Å². The maximum atomic E-state index is 4.42. The zero-order valence-corrected chi connectivity index (χ0v) is 11.0. The summed E-state index contributed by atoms with van der Waals surface area (Å²) in [6, 6.07) is 1.92. The Kier molecular flexibility index (Phi) is 3.50. The number of hydrogen-bond donors (Lipinski definition) is 2. The van der Waals surface area contributed by atoms with Crippen LogP contribution in [0.5, 0.6) is 0 Å². The van der Waals surface area contributed by atoms with Crippen LogP contribution in [0.3, 0.4) is 0 Å². The highest BCUT2D eigenvalue weighted by molar-refractivity contribution is 5.39. The molecule has 2 N–H and O–H groups in total. The average molecular weight is 234 g/mol. The molecule has 0 aliphatic heterocycles. The van der Waals surface area contributed by atoms with Gasteiger partial charge in [0.2, 0.25) is 5.95 Å². The zero-order chi connectivity index (χ0) is 12.3. The van der Waals surface area contributed by atoms with Crippen molar-refractivity contribution in [1.82, 2.24) is 9.97 Å². The minimum Gasteiger partial charge on any atom is -0.370 e. The molecule has 0 aromatic carbocycles. The fourth-order valence-electron chi connectivity index (χ4n) is 1.93. The Morgan fingerprint density at radius 3 is 2.82 bits per heavy atom. The number of nitrogens with zero attached hydrogens (tertiary/aromatic N) is 2. The summed E-state index contributed by atoms with van der Waals surface area (Å²) in [6.07, 6.45) is 4.19. The molecule has 1 fully saturated rings. The molecule has 1 aliphatic rings. The summed E-state index contributed by atoms with van der Waals surface area (Å²) in [7, 11) is 0. The second-order valence-corrected chi connectivity index (χ2v) is 5.46. The molecule has 1 aromatic rings. The highest BCUT2D eigenvalue weighted by Gasteiger charge is 2.44. The summed E-state index contributed by atoms with van der Waals surface area (Å²) in [4.78, 5) is 8.61. The molecule has 0 saturated heterocycles. The first-order chi connectivity index (χ1) is 8.12. The van der Waals surface area contributed by atoms with Crippen molar-refractivity contribution in [3.05, 3.63) is 12.3 Å². The summed E-state index contributed by atoms with van der Waals surface area (Å²) in [6.45, 7) is 8.68. The van der Waals surface area contributed by atoms with Crippen LogP contribution in [0.1, 0.15) is 33.6 Å². The van der Waals surface area contributed by atoms with E-state index in [0.29, 0.717) is 11.4 Å². The average Bonchev–Trinajstić information content (AvgIpc) is 2.92. The van der Waals surface area contributed by atoms with Crippen LogP contribution in [0.4, 0.5) is 11.8 Å². The third-order valence-corrected chi connectivity index (χ3v) is 3.44. The molecule has 1 aliphatic carbocycles. The maximum absolute atomic E-state index is 4.42. The number of aromatic nitrogens is 2. The molecule has 17 heavy (non-hydrogen) atoms. The van der Waals surface area contributed by atoms with Crippen LogP contribution in [0, 0.1) is 11.3 Å². The minimum atomic E-state index is 0.517. The molecule has 0 spiro atoms. The lowest BCUT2D eigenvalue weighted by molar-refractivity contribution is 0.573. The standard InChI is InChI=1S/C13H22N4/c1-4-6-14-12-15-7-5-11(17-12)16-9-10-8-13(10,2)3/h5,7,10H,4,6,8-9H2,1-3H3,(H2,14,15,16,17). The van der Waals surface area contributed by atoms with Crippen LogP contribution in [0.25, 0.3) is 0 Å². The van der Waals surface area contributed by atoms with E-state index in [1.165, 1.54) is 6.42 Å². The van der Waals surface area contributed by atoms with Gasteiger partial charge in [-0.2, -0.15) is 4.98 Å². The maximum Gasteiger partial charge on any atom is 0.224 e. The molecule has 1 atom stereocenters. The van der Waals surface area contributed by atoms with Gasteiger partial charge < -0.3 is 10.6 Å². The molecule has 1 heterocycles. The van der Waals surface area contributed by atoms with E-state index >= 15 is 0 Å². The lowest BCUT2D eigenvalue weighted by Gasteiger charge is -2.08. The third-order valence-electron chi connectivity index (χ3n) is 3.44. The molecule has 4 nitrogen and oxygen atoms in total. The third kappa shape index (κ3) is 3.32. The summed E-state index contributed by atoms with van der Waals surface area (Å²) in [5.41, 5.74) is 0.517. The highest BCUT2D eigenvalue weighted by atomic mass is 15.1. The molecular formula is C13H22N4. The predicted molar refractivity (Wildman–Crippen MR) is 71.2 cm³/mol. The Balaban J connectivity index is 1.84. The Labute approximate surface area is 103 Å². The van der Waals surface area contributed by atoms with Crippen molar-refractivity contribution in [3.8, 4) is 0 Å². The van der Waals surface area contributed by atoms with Crippen LogP contribution in [-0.2, 0) is 0 Å². The fourth-order valence-corrected chi connectivity index (χ4v) is 1.93. The topological polar surface area (TPSA) is 49.8 Å². The van der Waals surface area contributed by atoms with Crippen LogP contribution in [-0.4, -0.2) is 23.1 Å². The Hall–Kier alpha value is -1.32. The Bertz CT molecular complexity index is 375. The van der Waals surface area contributed by atoms with Gasteiger partial charge in [-0.1, -0.05) is 20.8 Å². The van der Waals surface area contributed by atoms with E-state index in [9.17, 15) is 0 Å². The number of hydrogen-bond acceptors (Lipinski definition) is 4. The second-order valence-electron chi connectivity index (χ2n) is 5.46. The van der Waals surface area contributed by atoms with E-state index < -0.39 is 0 Å². The van der Waals surface area contributed by atoms with Gasteiger partial charge in [0.1, 0.15) is 5.82 Å². The van der Waals surface area contributed by atoms with Crippen molar-refractivity contribution >= 4 is 11.8 Å². The summed E-state index contributed by atoms with van der Waals surface area (Å²) in [5, 5.41) is 6.58. The molecule has 1 saturated carbocycles. The van der Waals surface area contributed by atoms with Crippen LogP contribution >= 0.6 is 0 Å². The van der Waals surface area contributed by atoms with E-state index in [-0.39, 0.29) is 0 Å². The van der Waals surface area contributed by atoms with Crippen molar-refractivity contribution in [2.75, 3.05) is 23.7 Å². The smallest absolute Gasteiger partial charge is 0.224 e. The quantitative estimate of drug-likeness (QED) is 0.794. The van der Waals surface area contributed by atoms with E-state index in [1.54, 1.807) is 6.20 Å². The molecule has 0 radical (unpaired) electrons. The van der Waals surface area contributed by atoms with Gasteiger partial charge in [0.15, 0.2) is 0 Å². The van der Waals surface area contributed by atoms with Crippen molar-refractivity contribution in [2.45, 2.75) is 33.6 Å². The number of nitrogens with one attached hydrogen (secondary N) is 2. The summed E-state index contributed by atoms with van der Waals surface area (Å²) in [5.74, 6) is 2.41. The first-order valence-corrected chi connectivity index (χ1v) is 6.42. The van der Waals surface area contributed by atoms with E-state index in [2.05, 4.69) is 41.4 Å². The Morgan fingerprint density at radius 1 is 1.41 bits per heavy atom. The van der Waals surface area contributed by atoms with E-state index in [1.807, 2.05) is 6.07 Å². The summed E-state index contributed by atoms with van der Waals surface area (Å²) < 4.78 is 0. The molecule has 1 unspecified atom stereocenters. The first kappa shape index (κ1) is 12.1. The molecular weight excluding hydrogens is 212 g/mol. The van der Waals surface area contributed by atoms with Gasteiger partial charge in [-0.3, -0.25) is 0 Å². The molecule has 0 bridgehead atoms. The fraction of sp³-hybridized carbons (Fsp3) is 0.692. The van der Waals surface area contributed by atoms with Gasteiger partial charge >= 0.3 is 0 Å². The van der Waals surface area contributed by atoms with Gasteiger partial charge in [0, 0.05) is 19.3 Å². The minimum absolute atomic E-state index is 0.517. The van der Waals surface area contributed by atoms with Gasteiger partial charge in [0.25, 0.3) is 0 Å². The van der Waals surface area contributed by atoms with Crippen molar-refractivity contribution in [3.63, 3.8) is 0 Å².